The number of carbonyl (C=O) groups excluding carboxylic acids is 2. The fourth-order valence-corrected chi connectivity index (χ4v) is 5.68. The summed E-state index contributed by atoms with van der Waals surface area (Å²) in [6, 6.07) is 15.1. The van der Waals surface area contributed by atoms with Crippen molar-refractivity contribution in [2.45, 2.75) is 16.2 Å². The van der Waals surface area contributed by atoms with E-state index in [1.54, 1.807) is 16.7 Å². The molecule has 0 bridgehead atoms. The molecule has 8 heteroatoms. The van der Waals surface area contributed by atoms with Gasteiger partial charge in [0.25, 0.3) is 5.91 Å². The molecule has 0 fully saturated rings. The van der Waals surface area contributed by atoms with Crippen LogP contribution in [0.3, 0.4) is 0 Å². The summed E-state index contributed by atoms with van der Waals surface area (Å²) < 4.78 is 28.0. The highest BCUT2D eigenvalue weighted by molar-refractivity contribution is 7.99. The molecule has 0 saturated heterocycles. The van der Waals surface area contributed by atoms with Crippen LogP contribution >= 0.6 is 11.8 Å². The van der Waals surface area contributed by atoms with Gasteiger partial charge < -0.3 is 4.74 Å². The van der Waals surface area contributed by atoms with Crippen LogP contribution in [0, 0.1) is 5.92 Å². The number of rotatable bonds is 4. The maximum Gasteiger partial charge on any atom is 0.306 e. The molecule has 2 heterocycles. The van der Waals surface area contributed by atoms with Crippen molar-refractivity contribution in [2.24, 2.45) is 5.92 Å². The van der Waals surface area contributed by atoms with Crippen molar-refractivity contribution < 1.29 is 22.7 Å². The highest BCUT2D eigenvalue weighted by Crippen LogP contribution is 2.47. The number of hydrogen-bond donors (Lipinski definition) is 0. The van der Waals surface area contributed by atoms with Crippen LogP contribution in [0.25, 0.3) is 0 Å². The van der Waals surface area contributed by atoms with Crippen LogP contribution < -0.4 is 4.90 Å². The zero-order valence-corrected chi connectivity index (χ0v) is 16.4. The molecule has 144 valence electrons. The molecule has 0 spiro atoms. The molecule has 0 aliphatic carbocycles. The van der Waals surface area contributed by atoms with E-state index < -0.39 is 28.3 Å². The van der Waals surface area contributed by atoms with E-state index in [2.05, 4.69) is 0 Å². The second-order valence-corrected chi connectivity index (χ2v) is 9.56. The SMILES string of the molecule is O=C(CC1C=CS(=O)(=O)C1)OCC(=O)N1c2ccccc2Sc2ccccc21. The fourth-order valence-electron chi connectivity index (χ4n) is 3.22. The summed E-state index contributed by atoms with van der Waals surface area (Å²) >= 11 is 1.58. The first-order valence-corrected chi connectivity index (χ1v) is 11.2. The lowest BCUT2D eigenvalue weighted by Gasteiger charge is -2.30. The molecule has 1 atom stereocenters. The monoisotopic (exact) mass is 415 g/mol. The number of hydrogen-bond acceptors (Lipinski definition) is 6. The van der Waals surface area contributed by atoms with Crippen LogP contribution in [-0.4, -0.2) is 32.7 Å². The van der Waals surface area contributed by atoms with Gasteiger partial charge in [-0.05, 0) is 24.3 Å². The number of para-hydroxylation sites is 2. The molecule has 28 heavy (non-hydrogen) atoms. The highest BCUT2D eigenvalue weighted by atomic mass is 32.2. The molecule has 0 saturated carbocycles. The quantitative estimate of drug-likeness (QED) is 0.713. The van der Waals surface area contributed by atoms with E-state index in [-0.39, 0.29) is 18.1 Å². The molecule has 0 aromatic heterocycles. The summed E-state index contributed by atoms with van der Waals surface area (Å²) in [5.41, 5.74) is 1.49. The first-order valence-electron chi connectivity index (χ1n) is 8.68. The largest absolute Gasteiger partial charge is 0.456 e. The van der Waals surface area contributed by atoms with Crippen molar-refractivity contribution in [1.29, 1.82) is 0 Å². The summed E-state index contributed by atoms with van der Waals surface area (Å²) in [6.45, 7) is -0.407. The van der Waals surface area contributed by atoms with Gasteiger partial charge in [-0.1, -0.05) is 42.1 Å². The van der Waals surface area contributed by atoms with Crippen molar-refractivity contribution in [2.75, 3.05) is 17.3 Å². The lowest BCUT2D eigenvalue weighted by Crippen LogP contribution is -2.32. The Morgan fingerprint density at radius 3 is 2.21 bits per heavy atom. The smallest absolute Gasteiger partial charge is 0.306 e. The van der Waals surface area contributed by atoms with Crippen molar-refractivity contribution >= 4 is 44.9 Å². The topological polar surface area (TPSA) is 80.7 Å². The Labute approximate surface area is 167 Å². The average Bonchev–Trinajstić information content (AvgIpc) is 3.02. The molecular formula is C20H17NO5S2. The minimum Gasteiger partial charge on any atom is -0.456 e. The van der Waals surface area contributed by atoms with Crippen LogP contribution in [0.1, 0.15) is 6.42 Å². The van der Waals surface area contributed by atoms with Gasteiger partial charge >= 0.3 is 5.97 Å². The molecule has 4 rings (SSSR count). The first-order chi connectivity index (χ1) is 13.4. The summed E-state index contributed by atoms with van der Waals surface area (Å²) in [7, 11) is -3.22. The Balaban J connectivity index is 1.47. The number of anilines is 2. The van der Waals surface area contributed by atoms with Gasteiger partial charge in [-0.15, -0.1) is 0 Å². The molecular weight excluding hydrogens is 398 g/mol. The number of allylic oxidation sites excluding steroid dienone is 1. The van der Waals surface area contributed by atoms with E-state index in [0.29, 0.717) is 0 Å². The van der Waals surface area contributed by atoms with E-state index in [4.69, 9.17) is 4.74 Å². The lowest BCUT2D eigenvalue weighted by atomic mass is 10.1. The molecule has 0 N–H and O–H groups in total. The Morgan fingerprint density at radius 1 is 1.04 bits per heavy atom. The molecule has 2 aliphatic heterocycles. The van der Waals surface area contributed by atoms with Crippen LogP contribution in [0.15, 0.2) is 69.8 Å². The van der Waals surface area contributed by atoms with Gasteiger partial charge in [-0.25, -0.2) is 8.42 Å². The second-order valence-electron chi connectivity index (χ2n) is 6.55. The average molecular weight is 415 g/mol. The van der Waals surface area contributed by atoms with Crippen LogP contribution in [0.4, 0.5) is 11.4 Å². The Hall–Kier alpha value is -2.58. The van der Waals surface area contributed by atoms with Crippen molar-refractivity contribution in [3.8, 4) is 0 Å². The lowest BCUT2D eigenvalue weighted by molar-refractivity contribution is -0.148. The van der Waals surface area contributed by atoms with Gasteiger partial charge in [0.05, 0.1) is 23.5 Å². The molecule has 0 radical (unpaired) electrons. The van der Waals surface area contributed by atoms with Gasteiger partial charge in [0.15, 0.2) is 16.4 Å². The normalized spacial score (nSPS) is 19.0. The molecule has 2 aromatic rings. The maximum absolute atomic E-state index is 12.9. The zero-order chi connectivity index (χ0) is 19.7. The predicted molar refractivity (Wildman–Crippen MR) is 106 cm³/mol. The molecule has 1 amide bonds. The third-order valence-electron chi connectivity index (χ3n) is 4.47. The number of carbonyl (C=O) groups is 2. The van der Waals surface area contributed by atoms with E-state index in [1.165, 1.54) is 6.08 Å². The van der Waals surface area contributed by atoms with E-state index in [9.17, 15) is 18.0 Å². The Morgan fingerprint density at radius 2 is 1.64 bits per heavy atom. The standard InChI is InChI=1S/C20H17NO5S2/c22-19(12-26-20(23)11-14-9-10-28(24,25)13-14)21-15-5-1-3-7-17(15)27-18-8-4-2-6-16(18)21/h1-10,14H,11-13H2. The number of ether oxygens (including phenoxy) is 1. The van der Waals surface area contributed by atoms with Gasteiger partial charge in [0.2, 0.25) is 0 Å². The molecule has 2 aromatic carbocycles. The maximum atomic E-state index is 12.9. The minimum absolute atomic E-state index is 0.0635. The van der Waals surface area contributed by atoms with E-state index in [0.717, 1.165) is 26.6 Å². The van der Waals surface area contributed by atoms with Gasteiger partial charge in [0, 0.05) is 21.1 Å². The number of amides is 1. The van der Waals surface area contributed by atoms with Gasteiger partial charge in [0.1, 0.15) is 0 Å². The molecule has 2 aliphatic rings. The number of esters is 1. The summed E-state index contributed by atoms with van der Waals surface area (Å²) in [5.74, 6) is -1.45. The van der Waals surface area contributed by atoms with Crippen LogP contribution in [0.2, 0.25) is 0 Å². The number of nitrogens with zero attached hydrogens (tertiary/aromatic N) is 1. The summed E-state index contributed by atoms with van der Waals surface area (Å²) in [4.78, 5) is 28.4. The summed E-state index contributed by atoms with van der Waals surface area (Å²) in [6.07, 6.45) is 1.43. The first kappa shape index (κ1) is 18.8. The van der Waals surface area contributed by atoms with Gasteiger partial charge in [-0.3, -0.25) is 14.5 Å². The van der Waals surface area contributed by atoms with E-state index >= 15 is 0 Å². The molecule has 1 unspecified atom stereocenters. The number of sulfone groups is 1. The third kappa shape index (κ3) is 3.83. The molecule has 6 nitrogen and oxygen atoms in total. The summed E-state index contributed by atoms with van der Waals surface area (Å²) in [5, 5.41) is 1.12. The fraction of sp³-hybridized carbons (Fsp3) is 0.200. The van der Waals surface area contributed by atoms with Crippen LogP contribution in [0.5, 0.6) is 0 Å². The third-order valence-corrected chi connectivity index (χ3v) is 7.07. The van der Waals surface area contributed by atoms with Gasteiger partial charge in [-0.2, -0.15) is 0 Å². The van der Waals surface area contributed by atoms with E-state index in [1.807, 2.05) is 48.5 Å². The highest BCUT2D eigenvalue weighted by Gasteiger charge is 2.29. The second kappa shape index (κ2) is 7.44. The predicted octanol–water partition coefficient (Wildman–Crippen LogP) is 3.31. The number of benzene rings is 2. The van der Waals surface area contributed by atoms with Crippen molar-refractivity contribution in [3.63, 3.8) is 0 Å². The Bertz CT molecular complexity index is 1030. The number of fused-ring (bicyclic) bond motifs is 2. The van der Waals surface area contributed by atoms with Crippen molar-refractivity contribution in [1.82, 2.24) is 0 Å². The van der Waals surface area contributed by atoms with Crippen LogP contribution in [-0.2, 0) is 24.2 Å². The van der Waals surface area contributed by atoms with Crippen molar-refractivity contribution in [3.05, 3.63) is 60.0 Å². The minimum atomic E-state index is -3.22. The Kier molecular flexibility index (Phi) is 4.99. The zero-order valence-electron chi connectivity index (χ0n) is 14.8.